The van der Waals surface area contributed by atoms with Crippen molar-refractivity contribution in [2.45, 2.75) is 264 Å². The van der Waals surface area contributed by atoms with Crippen molar-refractivity contribution in [1.29, 1.82) is 0 Å². The number of aliphatic hydroxyl groups excluding tert-OH is 2. The molecule has 3 N–H and O–H groups in total. The molecule has 0 heterocycles. The Morgan fingerprint density at radius 1 is 0.484 bits per heavy atom. The summed E-state index contributed by atoms with van der Waals surface area (Å²) >= 11 is 0. The number of unbranched alkanes of at least 4 members (excludes halogenated alkanes) is 22. The molecule has 0 saturated heterocycles. The number of nitrogens with one attached hydrogen (secondary N) is 1. The normalized spacial score (nSPS) is 13.9. The molecule has 1 amide bonds. The van der Waals surface area contributed by atoms with Crippen LogP contribution in [0.5, 0.6) is 0 Å². The molecule has 6 heteroatoms. The number of allylic oxidation sites excluding steroid dienone is 14. The van der Waals surface area contributed by atoms with E-state index in [-0.39, 0.29) is 24.9 Å². The van der Waals surface area contributed by atoms with Gasteiger partial charge in [-0.1, -0.05) is 228 Å². The maximum absolute atomic E-state index is 13.2. The number of hydrogen-bond donors (Lipinski definition) is 3. The number of carbonyl (C=O) groups is 2. The van der Waals surface area contributed by atoms with E-state index in [4.69, 9.17) is 4.74 Å². The fraction of sp³-hybridized carbons (Fsp3) is 0.724. The van der Waals surface area contributed by atoms with Crippen LogP contribution < -0.4 is 5.32 Å². The Bertz CT molecular complexity index is 1230. The molecule has 64 heavy (non-hydrogen) atoms. The summed E-state index contributed by atoms with van der Waals surface area (Å²) < 4.78 is 5.90. The molecule has 6 nitrogen and oxygen atoms in total. The Morgan fingerprint density at radius 2 is 0.906 bits per heavy atom. The summed E-state index contributed by atoms with van der Waals surface area (Å²) in [5, 5.41) is 23.8. The molecule has 0 rings (SSSR count). The highest BCUT2D eigenvalue weighted by Gasteiger charge is 2.24. The first kappa shape index (κ1) is 61.0. The highest BCUT2D eigenvalue weighted by molar-refractivity contribution is 5.77. The van der Waals surface area contributed by atoms with Gasteiger partial charge in [0, 0.05) is 6.42 Å². The van der Waals surface area contributed by atoms with E-state index in [0.29, 0.717) is 19.3 Å². The van der Waals surface area contributed by atoms with Gasteiger partial charge in [-0.2, -0.15) is 0 Å². The van der Waals surface area contributed by atoms with Gasteiger partial charge in [-0.05, 0) is 89.9 Å². The second-order valence-corrected chi connectivity index (χ2v) is 17.9. The van der Waals surface area contributed by atoms with E-state index in [1.807, 2.05) is 0 Å². The Labute approximate surface area is 395 Å². The minimum atomic E-state index is -0.809. The molecular weight excluding hydrogens is 791 g/mol. The molecule has 0 aromatic carbocycles. The average Bonchev–Trinajstić information content (AvgIpc) is 3.29. The van der Waals surface area contributed by atoms with E-state index >= 15 is 0 Å². The fourth-order valence-electron chi connectivity index (χ4n) is 7.69. The highest BCUT2D eigenvalue weighted by Crippen LogP contribution is 2.16. The van der Waals surface area contributed by atoms with Gasteiger partial charge in [0.25, 0.3) is 0 Å². The molecule has 3 unspecified atom stereocenters. The van der Waals surface area contributed by atoms with Crippen molar-refractivity contribution in [2.24, 2.45) is 0 Å². The van der Waals surface area contributed by atoms with Gasteiger partial charge in [0.05, 0.1) is 25.2 Å². The van der Waals surface area contributed by atoms with Gasteiger partial charge in [0.2, 0.25) is 5.91 Å². The SMILES string of the molecule is CC/C=C\C/C=C\C/C=C\C/C=C\C/C=C\CCCCCC(=O)OC(CCC/C=C/C=C/CCCCCCCCC)CC(=O)NC(CO)C(O)CCCCCCCCCCCCCC. The zero-order valence-corrected chi connectivity index (χ0v) is 41.9. The Hall–Kier alpha value is -2.96. The van der Waals surface area contributed by atoms with Crippen molar-refractivity contribution in [3.05, 3.63) is 85.1 Å². The molecule has 3 atom stereocenters. The van der Waals surface area contributed by atoms with Crippen molar-refractivity contribution in [2.75, 3.05) is 6.61 Å². The monoisotopic (exact) mass is 892 g/mol. The minimum absolute atomic E-state index is 0.0275. The number of ether oxygens (including phenoxy) is 1. The minimum Gasteiger partial charge on any atom is -0.462 e. The standard InChI is InChI=1S/C58H101NO5/c1-4-7-10-13-16-19-22-25-27-28-29-30-31-33-36-39-42-45-48-51-58(63)64-54(49-46-43-40-37-34-32-26-23-20-17-14-11-8-5-2)52-57(62)59-55(53-60)56(61)50-47-44-41-38-35-24-21-18-15-12-9-6-3/h7,10,16,19,25,27,29-30,32-34,36-37,40,54-56,60-61H,4-6,8-9,11-15,17-18,20-24,26,28,31,35,38-39,41-53H2,1-3H3,(H,59,62)/b10-7-,19-16-,27-25-,30-29-,34-32+,36-33-,40-37+. The van der Waals surface area contributed by atoms with Crippen LogP contribution in [0.3, 0.4) is 0 Å². The number of amides is 1. The lowest BCUT2D eigenvalue weighted by molar-refractivity contribution is -0.151. The fourth-order valence-corrected chi connectivity index (χ4v) is 7.69. The van der Waals surface area contributed by atoms with Gasteiger partial charge < -0.3 is 20.3 Å². The van der Waals surface area contributed by atoms with Crippen LogP contribution in [0.4, 0.5) is 0 Å². The first-order valence-corrected chi connectivity index (χ1v) is 26.8. The molecule has 368 valence electrons. The molecule has 0 bridgehead atoms. The maximum atomic E-state index is 13.2. The topological polar surface area (TPSA) is 95.9 Å². The highest BCUT2D eigenvalue weighted by atomic mass is 16.5. The van der Waals surface area contributed by atoms with Gasteiger partial charge in [-0.15, -0.1) is 0 Å². The smallest absolute Gasteiger partial charge is 0.306 e. The number of aliphatic hydroxyl groups is 2. The lowest BCUT2D eigenvalue weighted by atomic mass is 10.0. The second kappa shape index (κ2) is 51.0. The van der Waals surface area contributed by atoms with E-state index in [9.17, 15) is 19.8 Å². The van der Waals surface area contributed by atoms with Crippen LogP contribution in [0.15, 0.2) is 85.1 Å². The molecule has 0 saturated carbocycles. The molecule has 0 aliphatic rings. The van der Waals surface area contributed by atoms with Crippen LogP contribution in [0.25, 0.3) is 0 Å². The van der Waals surface area contributed by atoms with Gasteiger partial charge >= 0.3 is 5.97 Å². The molecule has 0 radical (unpaired) electrons. The van der Waals surface area contributed by atoms with E-state index in [1.165, 1.54) is 103 Å². The third-order valence-corrected chi connectivity index (χ3v) is 11.7. The molecule has 0 aliphatic heterocycles. The Balaban J connectivity index is 4.70. The maximum Gasteiger partial charge on any atom is 0.306 e. The predicted molar refractivity (Wildman–Crippen MR) is 278 cm³/mol. The average molecular weight is 892 g/mol. The third-order valence-electron chi connectivity index (χ3n) is 11.7. The van der Waals surface area contributed by atoms with E-state index in [1.54, 1.807) is 0 Å². The van der Waals surface area contributed by atoms with Crippen LogP contribution >= 0.6 is 0 Å². The lowest BCUT2D eigenvalue weighted by Gasteiger charge is -2.24. The number of hydrogen-bond acceptors (Lipinski definition) is 5. The van der Waals surface area contributed by atoms with Gasteiger partial charge in [-0.3, -0.25) is 9.59 Å². The van der Waals surface area contributed by atoms with Crippen LogP contribution in [-0.2, 0) is 14.3 Å². The molecule has 0 aromatic rings. The van der Waals surface area contributed by atoms with Gasteiger partial charge in [0.1, 0.15) is 6.10 Å². The van der Waals surface area contributed by atoms with Crippen LogP contribution in [-0.4, -0.2) is 46.9 Å². The summed E-state index contributed by atoms with van der Waals surface area (Å²) in [5.74, 6) is -0.561. The summed E-state index contributed by atoms with van der Waals surface area (Å²) in [6.45, 7) is 6.34. The molecule has 0 spiro atoms. The second-order valence-electron chi connectivity index (χ2n) is 17.9. The predicted octanol–water partition coefficient (Wildman–Crippen LogP) is 16.3. The zero-order valence-electron chi connectivity index (χ0n) is 41.9. The Kier molecular flexibility index (Phi) is 48.7. The Morgan fingerprint density at radius 3 is 1.41 bits per heavy atom. The van der Waals surface area contributed by atoms with Crippen molar-refractivity contribution < 1.29 is 24.5 Å². The molecule has 0 aliphatic carbocycles. The van der Waals surface area contributed by atoms with E-state index in [0.717, 1.165) is 96.3 Å². The molecule has 0 fully saturated rings. The first-order valence-electron chi connectivity index (χ1n) is 26.8. The zero-order chi connectivity index (χ0) is 46.7. The summed E-state index contributed by atoms with van der Waals surface area (Å²) in [6.07, 6.45) is 66.5. The summed E-state index contributed by atoms with van der Waals surface area (Å²) in [7, 11) is 0. The van der Waals surface area contributed by atoms with Crippen molar-refractivity contribution in [3.8, 4) is 0 Å². The number of rotatable bonds is 47. The van der Waals surface area contributed by atoms with Crippen LogP contribution in [0, 0.1) is 0 Å². The summed E-state index contributed by atoms with van der Waals surface area (Å²) in [5.41, 5.74) is 0. The molecule has 0 aromatic heterocycles. The van der Waals surface area contributed by atoms with Gasteiger partial charge in [-0.25, -0.2) is 0 Å². The molecular formula is C58H101NO5. The lowest BCUT2D eigenvalue weighted by Crippen LogP contribution is -2.46. The van der Waals surface area contributed by atoms with Crippen LogP contribution in [0.1, 0.15) is 245 Å². The van der Waals surface area contributed by atoms with E-state index < -0.39 is 18.2 Å². The quantitative estimate of drug-likeness (QED) is 0.0245. The van der Waals surface area contributed by atoms with Crippen molar-refractivity contribution in [3.63, 3.8) is 0 Å². The van der Waals surface area contributed by atoms with Crippen molar-refractivity contribution >= 4 is 11.9 Å². The summed E-state index contributed by atoms with van der Waals surface area (Å²) in [6, 6.07) is -0.727. The van der Waals surface area contributed by atoms with Crippen molar-refractivity contribution in [1.82, 2.24) is 5.32 Å². The van der Waals surface area contributed by atoms with Crippen LogP contribution in [0.2, 0.25) is 0 Å². The van der Waals surface area contributed by atoms with Gasteiger partial charge in [0.15, 0.2) is 0 Å². The van der Waals surface area contributed by atoms with E-state index in [2.05, 4.69) is 111 Å². The number of carbonyl (C=O) groups excluding carboxylic acids is 2. The largest absolute Gasteiger partial charge is 0.462 e. The first-order chi connectivity index (χ1) is 31.5. The third kappa shape index (κ3) is 45.6. The summed E-state index contributed by atoms with van der Waals surface area (Å²) in [4.78, 5) is 26.2. The number of esters is 1.